The summed E-state index contributed by atoms with van der Waals surface area (Å²) in [7, 11) is 3.13. The summed E-state index contributed by atoms with van der Waals surface area (Å²) in [6.07, 6.45) is 3.79. The first-order valence-corrected chi connectivity index (χ1v) is 13.8. The van der Waals surface area contributed by atoms with Gasteiger partial charge in [-0.3, -0.25) is 14.6 Å². The topological polar surface area (TPSA) is 118 Å². The fourth-order valence-electron chi connectivity index (χ4n) is 4.54. The average molecular weight is 600 g/mol. The normalized spacial score (nSPS) is 11.3. The Morgan fingerprint density at radius 1 is 0.909 bits per heavy atom. The zero-order chi connectivity index (χ0) is 31.4. The van der Waals surface area contributed by atoms with Gasteiger partial charge in [0.2, 0.25) is 0 Å². The number of halogens is 2. The quantitative estimate of drug-likeness (QED) is 0.178. The van der Waals surface area contributed by atoms with Crippen molar-refractivity contribution in [2.75, 3.05) is 26.1 Å². The zero-order valence-corrected chi connectivity index (χ0v) is 24.6. The van der Waals surface area contributed by atoms with E-state index in [1.165, 1.54) is 18.2 Å². The molecule has 44 heavy (non-hydrogen) atoms. The van der Waals surface area contributed by atoms with Gasteiger partial charge in [-0.15, -0.1) is 0 Å². The molecule has 0 unspecified atom stereocenters. The number of aromatic nitrogens is 3. The lowest BCUT2D eigenvalue weighted by Gasteiger charge is -2.16. The van der Waals surface area contributed by atoms with Crippen molar-refractivity contribution in [2.24, 2.45) is 0 Å². The fourth-order valence-corrected chi connectivity index (χ4v) is 4.54. The Balaban J connectivity index is 1.43. The molecular formula is C33H31F2N5O4. The van der Waals surface area contributed by atoms with E-state index in [4.69, 9.17) is 9.47 Å². The molecule has 0 atom stereocenters. The molecule has 5 rings (SSSR count). The van der Waals surface area contributed by atoms with Crippen LogP contribution in [0.15, 0.2) is 73.1 Å². The van der Waals surface area contributed by atoms with Crippen molar-refractivity contribution in [3.05, 3.63) is 90.0 Å². The van der Waals surface area contributed by atoms with Crippen molar-refractivity contribution in [1.29, 1.82) is 0 Å². The van der Waals surface area contributed by atoms with E-state index in [2.05, 4.69) is 25.6 Å². The number of hydrogen-bond acceptors (Lipinski definition) is 6. The SMILES string of the molecule is COc1cc2cnc(-c3ncc(-c4cc(NC(=O)C(C)(C)F)cc(C(=O)NCCc5ccc(F)cc5)c4)[nH]3)cc2cc1OC. The molecule has 0 aliphatic heterocycles. The molecule has 0 saturated heterocycles. The minimum atomic E-state index is -2.14. The van der Waals surface area contributed by atoms with Gasteiger partial charge in [-0.25, -0.2) is 13.8 Å². The number of nitrogens with one attached hydrogen (secondary N) is 3. The van der Waals surface area contributed by atoms with E-state index in [1.54, 1.807) is 50.9 Å². The first kappa shape index (κ1) is 30.1. The Hall–Kier alpha value is -5.32. The van der Waals surface area contributed by atoms with Crippen LogP contribution in [0.4, 0.5) is 14.5 Å². The number of methoxy groups -OCH3 is 2. The second kappa shape index (κ2) is 12.5. The highest BCUT2D eigenvalue weighted by Crippen LogP contribution is 2.33. The van der Waals surface area contributed by atoms with E-state index in [1.807, 2.05) is 18.2 Å². The van der Waals surface area contributed by atoms with Crippen LogP contribution in [-0.4, -0.2) is 53.2 Å². The Labute approximate surface area is 252 Å². The van der Waals surface area contributed by atoms with Crippen molar-refractivity contribution >= 4 is 28.3 Å². The fraction of sp³-hybridized carbons (Fsp3) is 0.212. The molecule has 0 aliphatic carbocycles. The lowest BCUT2D eigenvalue weighted by Crippen LogP contribution is -2.32. The summed E-state index contributed by atoms with van der Waals surface area (Å²) >= 11 is 0. The number of rotatable bonds is 10. The third-order valence-electron chi connectivity index (χ3n) is 6.96. The molecule has 0 saturated carbocycles. The molecule has 0 aliphatic rings. The van der Waals surface area contributed by atoms with Crippen LogP contribution >= 0.6 is 0 Å². The molecule has 0 spiro atoms. The van der Waals surface area contributed by atoms with Gasteiger partial charge in [-0.2, -0.15) is 0 Å². The van der Waals surface area contributed by atoms with E-state index in [-0.39, 0.29) is 17.1 Å². The molecule has 9 nitrogen and oxygen atoms in total. The molecule has 2 amide bonds. The van der Waals surface area contributed by atoms with Gasteiger partial charge in [-0.1, -0.05) is 12.1 Å². The monoisotopic (exact) mass is 599 g/mol. The minimum absolute atomic E-state index is 0.239. The average Bonchev–Trinajstić information content (AvgIpc) is 3.51. The van der Waals surface area contributed by atoms with Crippen molar-refractivity contribution < 1.29 is 27.8 Å². The van der Waals surface area contributed by atoms with Gasteiger partial charge in [0.15, 0.2) is 23.0 Å². The Morgan fingerprint density at radius 2 is 1.61 bits per heavy atom. The molecule has 3 aromatic carbocycles. The summed E-state index contributed by atoms with van der Waals surface area (Å²) in [6, 6.07) is 16.3. The van der Waals surface area contributed by atoms with E-state index < -0.39 is 17.5 Å². The first-order valence-electron chi connectivity index (χ1n) is 13.8. The predicted molar refractivity (Wildman–Crippen MR) is 164 cm³/mol. The molecule has 2 aromatic heterocycles. The highest BCUT2D eigenvalue weighted by molar-refractivity contribution is 6.01. The second-order valence-electron chi connectivity index (χ2n) is 10.6. The molecule has 5 aromatic rings. The van der Waals surface area contributed by atoms with E-state index in [0.29, 0.717) is 47.2 Å². The maximum absolute atomic E-state index is 14.3. The number of pyridine rings is 1. The van der Waals surface area contributed by atoms with Crippen LogP contribution in [0.25, 0.3) is 33.5 Å². The van der Waals surface area contributed by atoms with Crippen LogP contribution in [0.3, 0.4) is 0 Å². The van der Waals surface area contributed by atoms with Crippen molar-refractivity contribution in [3.8, 4) is 34.3 Å². The lowest BCUT2D eigenvalue weighted by atomic mass is 10.0. The number of benzene rings is 3. The molecule has 0 radical (unpaired) electrons. The maximum Gasteiger partial charge on any atom is 0.261 e. The van der Waals surface area contributed by atoms with Gasteiger partial charge in [-0.05, 0) is 79.7 Å². The van der Waals surface area contributed by atoms with Gasteiger partial charge in [0.1, 0.15) is 11.5 Å². The second-order valence-corrected chi connectivity index (χ2v) is 10.6. The summed E-state index contributed by atoms with van der Waals surface area (Å²) in [5, 5.41) is 7.12. The third kappa shape index (κ3) is 6.83. The number of amides is 2. The van der Waals surface area contributed by atoms with Crippen LogP contribution in [-0.2, 0) is 11.2 Å². The first-order chi connectivity index (χ1) is 21.0. The smallest absolute Gasteiger partial charge is 0.261 e. The highest BCUT2D eigenvalue weighted by Gasteiger charge is 2.27. The largest absolute Gasteiger partial charge is 0.493 e. The number of hydrogen-bond donors (Lipinski definition) is 3. The van der Waals surface area contributed by atoms with Crippen molar-refractivity contribution in [1.82, 2.24) is 20.3 Å². The van der Waals surface area contributed by atoms with E-state index >= 15 is 0 Å². The predicted octanol–water partition coefficient (Wildman–Crippen LogP) is 6.11. The van der Waals surface area contributed by atoms with Crippen molar-refractivity contribution in [3.63, 3.8) is 0 Å². The number of alkyl halides is 1. The summed E-state index contributed by atoms with van der Waals surface area (Å²) in [4.78, 5) is 37.8. The Morgan fingerprint density at radius 3 is 2.30 bits per heavy atom. The zero-order valence-electron chi connectivity index (χ0n) is 24.6. The Bertz CT molecular complexity index is 1830. The number of imidazole rings is 1. The molecular weight excluding hydrogens is 568 g/mol. The number of anilines is 1. The van der Waals surface area contributed by atoms with Gasteiger partial charge < -0.3 is 25.1 Å². The van der Waals surface area contributed by atoms with Gasteiger partial charge >= 0.3 is 0 Å². The molecule has 226 valence electrons. The highest BCUT2D eigenvalue weighted by atomic mass is 19.1. The van der Waals surface area contributed by atoms with Crippen LogP contribution in [0.1, 0.15) is 29.8 Å². The van der Waals surface area contributed by atoms with Gasteiger partial charge in [0, 0.05) is 34.9 Å². The number of aromatic amines is 1. The Kier molecular flexibility index (Phi) is 8.57. The molecule has 0 bridgehead atoms. The summed E-state index contributed by atoms with van der Waals surface area (Å²) < 4.78 is 38.4. The molecule has 3 N–H and O–H groups in total. The number of carbonyl (C=O) groups excluding carboxylic acids is 2. The molecule has 2 heterocycles. The standard InChI is InChI=1S/C33H31F2N5O4/c1-33(2,35)32(42)39-25-12-21(11-22(13-25)31(41)36-10-9-19-5-7-24(34)8-6-19)27-18-38-30(40-27)26-14-20-15-28(43-3)29(44-4)16-23(20)17-37-26/h5-8,11-18H,9-10H2,1-4H3,(H,36,41)(H,38,40)(H,39,42). The number of nitrogens with zero attached hydrogens (tertiary/aromatic N) is 2. The minimum Gasteiger partial charge on any atom is -0.493 e. The van der Waals surface area contributed by atoms with Gasteiger partial charge in [0.25, 0.3) is 11.8 Å². The van der Waals surface area contributed by atoms with E-state index in [9.17, 15) is 18.4 Å². The van der Waals surface area contributed by atoms with Gasteiger partial charge in [0.05, 0.1) is 26.1 Å². The van der Waals surface area contributed by atoms with E-state index in [0.717, 1.165) is 30.2 Å². The number of fused-ring (bicyclic) bond motifs is 1. The summed E-state index contributed by atoms with van der Waals surface area (Å²) in [5.41, 5.74) is 0.863. The summed E-state index contributed by atoms with van der Waals surface area (Å²) in [6.45, 7) is 2.60. The van der Waals surface area contributed by atoms with Crippen LogP contribution in [0, 0.1) is 5.82 Å². The molecule has 0 fully saturated rings. The van der Waals surface area contributed by atoms with Crippen LogP contribution in [0.5, 0.6) is 11.5 Å². The number of carbonyl (C=O) groups is 2. The third-order valence-corrected chi connectivity index (χ3v) is 6.96. The van der Waals surface area contributed by atoms with Crippen molar-refractivity contribution in [2.45, 2.75) is 25.9 Å². The molecule has 11 heteroatoms. The lowest BCUT2D eigenvalue weighted by molar-refractivity contribution is -0.125. The summed E-state index contributed by atoms with van der Waals surface area (Å²) in [5.74, 6) is 0.0600. The van der Waals surface area contributed by atoms with Crippen LogP contribution < -0.4 is 20.1 Å². The van der Waals surface area contributed by atoms with Crippen LogP contribution in [0.2, 0.25) is 0 Å². The number of H-pyrrole nitrogens is 1. The number of ether oxygens (including phenoxy) is 2. The maximum atomic E-state index is 14.3.